The van der Waals surface area contributed by atoms with E-state index in [9.17, 15) is 32.3 Å². The number of thiazole rings is 1. The number of H-pyrrole nitrogens is 1. The standard InChI is InChI=1S/C31H23ClF3N3O6S2/c1-2-43-21-12-15(6-11-20(21)44-14-22(39)36-18-9-7-17(32)8-10-18)23-24-26(45-27-25(23)46-30(42)37-27)29(41)38(28(24)40)19-5-3-4-16(13-19)31(33,34)35/h3-13,23-24,26H,2,14H2,1H3,(H,36,39)(H,37,42)/t23-,24?,26?/m1/s1. The lowest BCUT2D eigenvalue weighted by atomic mass is 9.83. The summed E-state index contributed by atoms with van der Waals surface area (Å²) in [6.07, 6.45) is -4.68. The first-order valence-electron chi connectivity index (χ1n) is 13.8. The molecule has 3 amide bonds. The molecular formula is C31H23ClF3N3O6S2. The molecule has 0 aliphatic carbocycles. The zero-order valence-corrected chi connectivity index (χ0v) is 26.1. The average Bonchev–Trinajstić information content (AvgIpc) is 3.51. The van der Waals surface area contributed by atoms with Crippen molar-refractivity contribution in [1.29, 1.82) is 0 Å². The Labute approximate surface area is 272 Å². The molecule has 2 aliphatic heterocycles. The van der Waals surface area contributed by atoms with Crippen LogP contribution >= 0.6 is 34.7 Å². The molecule has 0 saturated carbocycles. The number of amides is 3. The number of nitrogens with one attached hydrogen (secondary N) is 2. The molecule has 238 valence electrons. The summed E-state index contributed by atoms with van der Waals surface area (Å²) in [6.45, 7) is 1.63. The molecule has 3 aromatic carbocycles. The maximum atomic E-state index is 14.0. The van der Waals surface area contributed by atoms with E-state index >= 15 is 0 Å². The van der Waals surface area contributed by atoms with Crippen molar-refractivity contribution >= 4 is 63.8 Å². The first-order chi connectivity index (χ1) is 21.9. The minimum atomic E-state index is -4.68. The van der Waals surface area contributed by atoms with E-state index in [2.05, 4.69) is 10.3 Å². The van der Waals surface area contributed by atoms with E-state index in [1.165, 1.54) is 6.07 Å². The molecule has 2 unspecified atom stereocenters. The van der Waals surface area contributed by atoms with Gasteiger partial charge in [0.15, 0.2) is 18.1 Å². The maximum absolute atomic E-state index is 14.0. The Kier molecular flexibility index (Phi) is 8.61. The molecule has 0 spiro atoms. The van der Waals surface area contributed by atoms with Gasteiger partial charge in [-0.3, -0.25) is 19.2 Å². The van der Waals surface area contributed by atoms with Gasteiger partial charge in [0, 0.05) is 21.5 Å². The Hall–Kier alpha value is -4.27. The minimum absolute atomic E-state index is 0.189. The third kappa shape index (κ3) is 6.11. The van der Waals surface area contributed by atoms with Crippen molar-refractivity contribution < 1.29 is 37.0 Å². The van der Waals surface area contributed by atoms with Crippen LogP contribution in [0.5, 0.6) is 11.5 Å². The fourth-order valence-corrected chi connectivity index (χ4v) is 8.07. The summed E-state index contributed by atoms with van der Waals surface area (Å²) in [5.41, 5.74) is -0.141. The van der Waals surface area contributed by atoms with Crippen LogP contribution in [0.2, 0.25) is 5.02 Å². The lowest BCUT2D eigenvalue weighted by Gasteiger charge is -2.30. The Balaban J connectivity index is 1.32. The van der Waals surface area contributed by atoms with Crippen LogP contribution in [-0.2, 0) is 20.6 Å². The first-order valence-corrected chi connectivity index (χ1v) is 15.9. The first kappa shape index (κ1) is 31.7. The SMILES string of the molecule is CCOc1cc([C@H]2c3sc(=O)[nH]c3SC3C(=O)N(c4cccc(C(F)(F)F)c4)C(=O)C32)ccc1OCC(=O)Nc1ccc(Cl)cc1. The molecule has 6 rings (SSSR count). The second-order valence-corrected chi connectivity index (χ2v) is 12.9. The van der Waals surface area contributed by atoms with Crippen LogP contribution in [0.15, 0.2) is 76.6 Å². The second-order valence-electron chi connectivity index (χ2n) is 10.3. The van der Waals surface area contributed by atoms with E-state index in [1.807, 2.05) is 0 Å². The van der Waals surface area contributed by atoms with E-state index in [1.54, 1.807) is 49.4 Å². The monoisotopic (exact) mass is 689 g/mol. The third-order valence-electron chi connectivity index (χ3n) is 7.37. The molecule has 1 saturated heterocycles. The van der Waals surface area contributed by atoms with Gasteiger partial charge < -0.3 is 19.8 Å². The molecule has 3 heterocycles. The van der Waals surface area contributed by atoms with Gasteiger partial charge in [0.05, 0.1) is 28.8 Å². The summed E-state index contributed by atoms with van der Waals surface area (Å²) in [6, 6.07) is 15.4. The second kappa shape index (κ2) is 12.5. The fraction of sp³-hybridized carbons (Fsp3) is 0.226. The van der Waals surface area contributed by atoms with E-state index in [-0.39, 0.29) is 35.3 Å². The van der Waals surface area contributed by atoms with Crippen molar-refractivity contribution in [2.24, 2.45) is 5.92 Å². The van der Waals surface area contributed by atoms with Crippen molar-refractivity contribution in [1.82, 2.24) is 4.98 Å². The zero-order valence-electron chi connectivity index (χ0n) is 23.7. The molecule has 2 aliphatic rings. The predicted molar refractivity (Wildman–Crippen MR) is 167 cm³/mol. The van der Waals surface area contributed by atoms with Gasteiger partial charge in [-0.1, -0.05) is 46.8 Å². The summed E-state index contributed by atoms with van der Waals surface area (Å²) >= 11 is 7.79. The highest BCUT2D eigenvalue weighted by molar-refractivity contribution is 8.00. The third-order valence-corrected chi connectivity index (χ3v) is 10.0. The van der Waals surface area contributed by atoms with Crippen LogP contribution in [0.25, 0.3) is 0 Å². The molecule has 2 N–H and O–H groups in total. The number of nitrogens with zero attached hydrogens (tertiary/aromatic N) is 1. The van der Waals surface area contributed by atoms with Gasteiger partial charge in [0.1, 0.15) is 5.25 Å². The molecule has 1 aromatic heterocycles. The van der Waals surface area contributed by atoms with E-state index in [4.69, 9.17) is 21.1 Å². The number of imide groups is 1. The molecule has 46 heavy (non-hydrogen) atoms. The Bertz CT molecular complexity index is 1900. The van der Waals surface area contributed by atoms with Crippen molar-refractivity contribution in [2.75, 3.05) is 23.4 Å². The Morgan fingerprint density at radius 3 is 2.48 bits per heavy atom. The van der Waals surface area contributed by atoms with Crippen molar-refractivity contribution in [2.45, 2.75) is 29.3 Å². The van der Waals surface area contributed by atoms with Crippen molar-refractivity contribution in [3.63, 3.8) is 0 Å². The highest BCUT2D eigenvalue weighted by atomic mass is 35.5. The Morgan fingerprint density at radius 2 is 1.76 bits per heavy atom. The summed E-state index contributed by atoms with van der Waals surface area (Å²) in [5, 5.41) is 2.62. The van der Waals surface area contributed by atoms with Crippen molar-refractivity contribution in [3.05, 3.63) is 97.4 Å². The highest BCUT2D eigenvalue weighted by Gasteiger charge is 2.56. The lowest BCUT2D eigenvalue weighted by Crippen LogP contribution is -2.32. The number of anilines is 2. The number of fused-ring (bicyclic) bond motifs is 2. The van der Waals surface area contributed by atoms with Crippen LogP contribution in [0.3, 0.4) is 0 Å². The van der Waals surface area contributed by atoms with Crippen LogP contribution in [0, 0.1) is 5.92 Å². The van der Waals surface area contributed by atoms with Gasteiger partial charge in [0.25, 0.3) is 5.91 Å². The lowest BCUT2D eigenvalue weighted by molar-refractivity contribution is -0.137. The number of ether oxygens (including phenoxy) is 2. The van der Waals surface area contributed by atoms with Gasteiger partial charge in [-0.05, 0) is 67.1 Å². The number of aromatic amines is 1. The number of carbonyl (C=O) groups is 3. The normalized spacial score (nSPS) is 19.1. The summed E-state index contributed by atoms with van der Waals surface area (Å²) in [4.78, 5) is 56.2. The number of carbonyl (C=O) groups excluding carboxylic acids is 3. The van der Waals surface area contributed by atoms with Crippen LogP contribution in [0.4, 0.5) is 24.5 Å². The topological polar surface area (TPSA) is 118 Å². The number of hydrogen-bond donors (Lipinski definition) is 2. The van der Waals surface area contributed by atoms with Crippen LogP contribution < -0.4 is 24.6 Å². The number of hydrogen-bond acceptors (Lipinski definition) is 8. The summed E-state index contributed by atoms with van der Waals surface area (Å²) in [5.74, 6) is -3.15. The molecule has 15 heteroatoms. The average molecular weight is 690 g/mol. The largest absolute Gasteiger partial charge is 0.490 e. The number of benzene rings is 3. The van der Waals surface area contributed by atoms with E-state index in [0.717, 1.165) is 46.2 Å². The Morgan fingerprint density at radius 1 is 1.00 bits per heavy atom. The molecule has 3 atom stereocenters. The fourth-order valence-electron chi connectivity index (χ4n) is 5.43. The van der Waals surface area contributed by atoms with Gasteiger partial charge in [-0.25, -0.2) is 4.90 Å². The predicted octanol–water partition coefficient (Wildman–Crippen LogP) is 6.32. The number of rotatable bonds is 8. The highest BCUT2D eigenvalue weighted by Crippen LogP contribution is 2.54. The molecule has 9 nitrogen and oxygen atoms in total. The summed E-state index contributed by atoms with van der Waals surface area (Å²) < 4.78 is 52.0. The minimum Gasteiger partial charge on any atom is -0.490 e. The molecule has 4 aromatic rings. The van der Waals surface area contributed by atoms with Crippen molar-refractivity contribution in [3.8, 4) is 11.5 Å². The van der Waals surface area contributed by atoms with Gasteiger partial charge in [-0.2, -0.15) is 13.2 Å². The molecule has 1 fully saturated rings. The van der Waals surface area contributed by atoms with Crippen LogP contribution in [0.1, 0.15) is 28.8 Å². The van der Waals surface area contributed by atoms with Gasteiger partial charge in [-0.15, -0.1) is 0 Å². The number of alkyl halides is 3. The van der Waals surface area contributed by atoms with Gasteiger partial charge >= 0.3 is 11.0 Å². The molecule has 0 bridgehead atoms. The van der Waals surface area contributed by atoms with Gasteiger partial charge in [0.2, 0.25) is 11.8 Å². The summed E-state index contributed by atoms with van der Waals surface area (Å²) in [7, 11) is 0. The van der Waals surface area contributed by atoms with Crippen LogP contribution in [-0.4, -0.2) is 41.2 Å². The maximum Gasteiger partial charge on any atom is 0.416 e. The molecule has 0 radical (unpaired) electrons. The zero-order chi connectivity index (χ0) is 32.7. The number of aromatic nitrogens is 1. The smallest absolute Gasteiger partial charge is 0.416 e. The quantitative estimate of drug-likeness (QED) is 0.208. The number of halogens is 4. The molecular weight excluding hydrogens is 667 g/mol. The van der Waals surface area contributed by atoms with E-state index < -0.39 is 46.5 Å². The number of thioether (sulfide) groups is 1. The van der Waals surface area contributed by atoms with E-state index in [0.29, 0.717) is 26.2 Å².